The first-order chi connectivity index (χ1) is 15.8. The van der Waals surface area contributed by atoms with Gasteiger partial charge < -0.3 is 20.1 Å². The Morgan fingerprint density at radius 1 is 0.970 bits per heavy atom. The third-order valence-corrected chi connectivity index (χ3v) is 6.54. The van der Waals surface area contributed by atoms with Gasteiger partial charge in [-0.2, -0.15) is 0 Å². The molecule has 3 aromatic rings. The van der Waals surface area contributed by atoms with Crippen LogP contribution in [-0.2, 0) is 4.74 Å². The number of rotatable bonds is 7. The van der Waals surface area contributed by atoms with E-state index in [4.69, 9.17) is 21.1 Å². The number of methoxy groups -OCH3 is 1. The molecule has 1 aromatic heterocycles. The topological polar surface area (TPSA) is 93.7 Å². The minimum Gasteiger partial charge on any atom is -0.497 e. The number of hydrogen-bond donors (Lipinski definition) is 2. The Morgan fingerprint density at radius 3 is 2.30 bits per heavy atom. The highest BCUT2D eigenvalue weighted by Crippen LogP contribution is 2.35. The summed E-state index contributed by atoms with van der Waals surface area (Å²) >= 11 is 7.16. The van der Waals surface area contributed by atoms with Crippen LogP contribution in [0.3, 0.4) is 0 Å². The number of carbonyl (C=O) groups excluding carboxylic acids is 3. The number of thiophene rings is 1. The molecule has 0 aliphatic heterocycles. The third-order valence-electron chi connectivity index (χ3n) is 4.93. The molecular formula is C24H23ClN2O5S. The number of halogens is 1. The Labute approximate surface area is 200 Å². The summed E-state index contributed by atoms with van der Waals surface area (Å²) in [6, 6.07) is 11.7. The summed E-state index contributed by atoms with van der Waals surface area (Å²) < 4.78 is 10.3. The molecule has 1 heterocycles. The number of ether oxygens (including phenoxy) is 2. The molecule has 0 unspecified atom stereocenters. The number of hydrogen-bond acceptors (Lipinski definition) is 6. The molecule has 33 heavy (non-hydrogen) atoms. The van der Waals surface area contributed by atoms with Gasteiger partial charge in [0, 0.05) is 16.3 Å². The fourth-order valence-electron chi connectivity index (χ4n) is 3.11. The number of nitrogens with one attached hydrogen (secondary N) is 2. The maximum atomic E-state index is 13.0. The number of esters is 1. The molecule has 3 rings (SSSR count). The summed E-state index contributed by atoms with van der Waals surface area (Å²) in [6.45, 7) is 5.28. The average molecular weight is 487 g/mol. The summed E-state index contributed by atoms with van der Waals surface area (Å²) in [5, 5.41) is 6.33. The summed E-state index contributed by atoms with van der Waals surface area (Å²) in [6.07, 6.45) is 0. The number of anilines is 2. The Balaban J connectivity index is 1.94. The molecule has 0 saturated carbocycles. The van der Waals surface area contributed by atoms with Gasteiger partial charge in [-0.3, -0.25) is 9.59 Å². The molecule has 2 N–H and O–H groups in total. The van der Waals surface area contributed by atoms with Crippen LogP contribution in [0.5, 0.6) is 5.75 Å². The minimum absolute atomic E-state index is 0.150. The van der Waals surface area contributed by atoms with Crippen LogP contribution in [0.4, 0.5) is 10.7 Å². The van der Waals surface area contributed by atoms with E-state index in [9.17, 15) is 14.4 Å². The van der Waals surface area contributed by atoms with Crippen molar-refractivity contribution in [3.8, 4) is 5.75 Å². The summed E-state index contributed by atoms with van der Waals surface area (Å²) in [5.41, 5.74) is 2.22. The van der Waals surface area contributed by atoms with Crippen molar-refractivity contribution in [2.45, 2.75) is 20.8 Å². The molecule has 9 heteroatoms. The number of amides is 2. The molecule has 2 aromatic carbocycles. The quantitative estimate of drug-likeness (QED) is 0.417. The van der Waals surface area contributed by atoms with Gasteiger partial charge in [0.15, 0.2) is 0 Å². The maximum absolute atomic E-state index is 13.0. The van der Waals surface area contributed by atoms with Crippen molar-refractivity contribution < 1.29 is 23.9 Å². The Kier molecular flexibility index (Phi) is 7.73. The van der Waals surface area contributed by atoms with Crippen LogP contribution < -0.4 is 15.4 Å². The van der Waals surface area contributed by atoms with E-state index in [1.807, 2.05) is 0 Å². The van der Waals surface area contributed by atoms with Gasteiger partial charge in [0.1, 0.15) is 10.8 Å². The van der Waals surface area contributed by atoms with Crippen molar-refractivity contribution in [3.63, 3.8) is 0 Å². The van der Waals surface area contributed by atoms with E-state index in [0.717, 1.165) is 16.9 Å². The van der Waals surface area contributed by atoms with Crippen LogP contribution in [0, 0.1) is 13.8 Å². The SMILES string of the molecule is CCOC(=O)c1c(NC(=O)c2ccc(OC)cc2)sc(C(=O)Nc2cccc(Cl)c2C)c1C. The van der Waals surface area contributed by atoms with Crippen molar-refractivity contribution in [3.05, 3.63) is 74.6 Å². The van der Waals surface area contributed by atoms with Gasteiger partial charge in [-0.25, -0.2) is 4.79 Å². The Morgan fingerprint density at radius 2 is 1.67 bits per heavy atom. The van der Waals surface area contributed by atoms with Crippen LogP contribution in [-0.4, -0.2) is 31.5 Å². The predicted molar refractivity (Wildman–Crippen MR) is 130 cm³/mol. The van der Waals surface area contributed by atoms with Gasteiger partial charge >= 0.3 is 5.97 Å². The van der Waals surface area contributed by atoms with Crippen molar-refractivity contribution >= 4 is 51.4 Å². The third kappa shape index (κ3) is 5.35. The zero-order valence-electron chi connectivity index (χ0n) is 18.6. The molecular weight excluding hydrogens is 464 g/mol. The second-order valence-electron chi connectivity index (χ2n) is 7.03. The predicted octanol–water partition coefficient (Wildman–Crippen LogP) is 5.71. The summed E-state index contributed by atoms with van der Waals surface area (Å²) in [7, 11) is 1.53. The van der Waals surface area contributed by atoms with E-state index in [1.54, 1.807) is 63.2 Å². The molecule has 0 atom stereocenters. The molecule has 0 spiro atoms. The van der Waals surface area contributed by atoms with E-state index in [0.29, 0.717) is 27.6 Å². The first-order valence-corrected chi connectivity index (χ1v) is 11.3. The van der Waals surface area contributed by atoms with Crippen molar-refractivity contribution in [1.82, 2.24) is 0 Å². The smallest absolute Gasteiger partial charge is 0.341 e. The monoisotopic (exact) mass is 486 g/mol. The molecule has 0 bridgehead atoms. The van der Waals surface area contributed by atoms with Crippen LogP contribution in [0.15, 0.2) is 42.5 Å². The highest BCUT2D eigenvalue weighted by Gasteiger charge is 2.27. The van der Waals surface area contributed by atoms with Crippen LogP contribution in [0.2, 0.25) is 5.02 Å². The maximum Gasteiger partial charge on any atom is 0.341 e. The average Bonchev–Trinajstić information content (AvgIpc) is 3.12. The highest BCUT2D eigenvalue weighted by atomic mass is 35.5. The summed E-state index contributed by atoms with van der Waals surface area (Å²) in [4.78, 5) is 38.8. The lowest BCUT2D eigenvalue weighted by molar-refractivity contribution is 0.0527. The molecule has 0 aliphatic carbocycles. The van der Waals surface area contributed by atoms with E-state index < -0.39 is 17.8 Å². The fourth-order valence-corrected chi connectivity index (χ4v) is 4.37. The van der Waals surface area contributed by atoms with Gasteiger partial charge in [0.2, 0.25) is 0 Å². The Hall–Kier alpha value is -3.36. The molecule has 0 saturated heterocycles. The first-order valence-electron chi connectivity index (χ1n) is 10.1. The van der Waals surface area contributed by atoms with Crippen molar-refractivity contribution in [1.29, 1.82) is 0 Å². The lowest BCUT2D eigenvalue weighted by Crippen LogP contribution is -2.15. The van der Waals surface area contributed by atoms with Crippen LogP contribution in [0.25, 0.3) is 0 Å². The normalized spacial score (nSPS) is 10.5. The van der Waals surface area contributed by atoms with E-state index in [1.165, 1.54) is 7.11 Å². The van der Waals surface area contributed by atoms with E-state index in [-0.39, 0.29) is 22.0 Å². The summed E-state index contributed by atoms with van der Waals surface area (Å²) in [5.74, 6) is -0.851. The zero-order chi connectivity index (χ0) is 24.1. The standard InChI is InChI=1S/C24H23ClN2O5S/c1-5-32-24(30)19-14(3)20(22(29)26-18-8-6-7-17(25)13(18)2)33-23(19)27-21(28)15-9-11-16(31-4)12-10-15/h6-12H,5H2,1-4H3,(H,26,29)(H,27,28). The van der Waals surface area contributed by atoms with Crippen molar-refractivity contribution in [2.75, 3.05) is 24.4 Å². The lowest BCUT2D eigenvalue weighted by Gasteiger charge is -2.09. The second-order valence-corrected chi connectivity index (χ2v) is 8.46. The minimum atomic E-state index is -0.616. The molecule has 0 radical (unpaired) electrons. The molecule has 0 aliphatic rings. The first kappa shape index (κ1) is 24.3. The largest absolute Gasteiger partial charge is 0.497 e. The van der Waals surface area contributed by atoms with Gasteiger partial charge in [0.25, 0.3) is 11.8 Å². The Bertz CT molecular complexity index is 1200. The number of carbonyl (C=O) groups is 3. The highest BCUT2D eigenvalue weighted by molar-refractivity contribution is 7.19. The van der Waals surface area contributed by atoms with Gasteiger partial charge in [-0.1, -0.05) is 17.7 Å². The zero-order valence-corrected chi connectivity index (χ0v) is 20.1. The molecule has 7 nitrogen and oxygen atoms in total. The lowest BCUT2D eigenvalue weighted by atomic mass is 10.1. The fraction of sp³-hybridized carbons (Fsp3) is 0.208. The van der Waals surface area contributed by atoms with E-state index >= 15 is 0 Å². The van der Waals surface area contributed by atoms with Gasteiger partial charge in [0.05, 0.1) is 24.2 Å². The number of benzene rings is 2. The van der Waals surface area contributed by atoms with Crippen LogP contribution in [0.1, 0.15) is 48.4 Å². The van der Waals surface area contributed by atoms with E-state index in [2.05, 4.69) is 10.6 Å². The second kappa shape index (κ2) is 10.5. The van der Waals surface area contributed by atoms with Gasteiger partial charge in [-0.15, -0.1) is 11.3 Å². The van der Waals surface area contributed by atoms with Crippen molar-refractivity contribution in [2.24, 2.45) is 0 Å². The molecule has 0 fully saturated rings. The molecule has 172 valence electrons. The van der Waals surface area contributed by atoms with Crippen LogP contribution >= 0.6 is 22.9 Å². The molecule has 2 amide bonds. The van der Waals surface area contributed by atoms with Gasteiger partial charge in [-0.05, 0) is 68.3 Å².